The number of hydrogen-bond donors (Lipinski definition) is 2. The van der Waals surface area contributed by atoms with Gasteiger partial charge in [-0.1, -0.05) is 37.3 Å². The molecule has 0 saturated carbocycles. The van der Waals surface area contributed by atoms with Crippen molar-refractivity contribution >= 4 is 35.8 Å². The summed E-state index contributed by atoms with van der Waals surface area (Å²) in [5.41, 5.74) is 1.35. The second-order valence-electron chi connectivity index (χ2n) is 7.45. The van der Waals surface area contributed by atoms with Gasteiger partial charge in [0.1, 0.15) is 0 Å². The van der Waals surface area contributed by atoms with Crippen molar-refractivity contribution in [2.75, 3.05) is 39.8 Å². The molecule has 2 aliphatic heterocycles. The van der Waals surface area contributed by atoms with E-state index in [0.717, 1.165) is 45.1 Å². The van der Waals surface area contributed by atoms with Crippen molar-refractivity contribution in [1.82, 2.24) is 20.4 Å². The Kier molecular flexibility index (Phi) is 9.50. The number of carbonyl (C=O) groups excluding carboxylic acids is 1. The SMILES string of the molecule is CCC(=O)N1CCC(NC(=NC)NCC(c2ccccc2)N2CCCC2)C1.I. The fourth-order valence-corrected chi connectivity index (χ4v) is 4.10. The number of carbonyl (C=O) groups is 1. The molecule has 1 aromatic carbocycles. The quantitative estimate of drug-likeness (QED) is 0.359. The van der Waals surface area contributed by atoms with E-state index < -0.39 is 0 Å². The molecule has 28 heavy (non-hydrogen) atoms. The number of likely N-dealkylation sites (tertiary alicyclic amines) is 2. The van der Waals surface area contributed by atoms with E-state index >= 15 is 0 Å². The molecule has 2 aliphatic rings. The van der Waals surface area contributed by atoms with Crippen molar-refractivity contribution in [2.24, 2.45) is 4.99 Å². The number of amides is 1. The lowest BCUT2D eigenvalue weighted by Crippen LogP contribution is -2.47. The molecule has 1 aromatic rings. The molecule has 2 saturated heterocycles. The lowest BCUT2D eigenvalue weighted by molar-refractivity contribution is -0.129. The summed E-state index contributed by atoms with van der Waals surface area (Å²) in [5, 5.41) is 7.02. The van der Waals surface area contributed by atoms with Crippen molar-refractivity contribution in [3.05, 3.63) is 35.9 Å². The summed E-state index contributed by atoms with van der Waals surface area (Å²) in [5.74, 6) is 1.06. The number of rotatable bonds is 6. The first-order valence-electron chi connectivity index (χ1n) is 10.2. The Morgan fingerprint density at radius 2 is 1.93 bits per heavy atom. The highest BCUT2D eigenvalue weighted by Gasteiger charge is 2.27. The van der Waals surface area contributed by atoms with Crippen LogP contribution in [0.5, 0.6) is 0 Å². The van der Waals surface area contributed by atoms with Gasteiger partial charge in [0, 0.05) is 39.1 Å². The molecule has 1 amide bonds. The number of guanidine groups is 1. The average Bonchev–Trinajstić information content (AvgIpc) is 3.40. The highest BCUT2D eigenvalue weighted by molar-refractivity contribution is 14.0. The van der Waals surface area contributed by atoms with Gasteiger partial charge in [-0.25, -0.2) is 0 Å². The van der Waals surface area contributed by atoms with E-state index in [1.165, 1.54) is 18.4 Å². The molecular weight excluding hydrogens is 465 g/mol. The summed E-state index contributed by atoms with van der Waals surface area (Å²) < 4.78 is 0. The Hall–Kier alpha value is -1.35. The zero-order valence-electron chi connectivity index (χ0n) is 17.1. The van der Waals surface area contributed by atoms with E-state index in [-0.39, 0.29) is 35.9 Å². The van der Waals surface area contributed by atoms with Gasteiger partial charge in [0.25, 0.3) is 0 Å². The highest BCUT2D eigenvalue weighted by atomic mass is 127. The highest BCUT2D eigenvalue weighted by Crippen LogP contribution is 2.24. The first-order chi connectivity index (χ1) is 13.2. The smallest absolute Gasteiger partial charge is 0.222 e. The summed E-state index contributed by atoms with van der Waals surface area (Å²) in [6.07, 6.45) is 4.11. The second kappa shape index (κ2) is 11.6. The molecule has 0 bridgehead atoms. The maximum atomic E-state index is 11.9. The monoisotopic (exact) mass is 499 g/mol. The van der Waals surface area contributed by atoms with Gasteiger partial charge in [-0.2, -0.15) is 0 Å². The standard InChI is InChI=1S/C21H33N5O.HI/c1-3-20(27)26-14-11-18(16-26)24-21(22-2)23-15-19(25-12-7-8-13-25)17-9-5-4-6-10-17;/h4-6,9-10,18-19H,3,7-8,11-16H2,1-2H3,(H2,22,23,24);1H. The second-order valence-corrected chi connectivity index (χ2v) is 7.45. The molecule has 2 fully saturated rings. The fraction of sp³-hybridized carbons (Fsp3) is 0.619. The van der Waals surface area contributed by atoms with Gasteiger partial charge in [0.05, 0.1) is 6.04 Å². The van der Waals surface area contributed by atoms with E-state index in [2.05, 4.69) is 50.9 Å². The third-order valence-electron chi connectivity index (χ3n) is 5.64. The molecule has 2 unspecified atom stereocenters. The minimum atomic E-state index is 0. The van der Waals surface area contributed by atoms with Gasteiger partial charge in [0.2, 0.25) is 5.91 Å². The van der Waals surface area contributed by atoms with Crippen LogP contribution in [0.4, 0.5) is 0 Å². The zero-order chi connectivity index (χ0) is 19.1. The van der Waals surface area contributed by atoms with Gasteiger partial charge in [-0.15, -0.1) is 24.0 Å². The van der Waals surface area contributed by atoms with Crippen LogP contribution in [-0.2, 0) is 4.79 Å². The maximum absolute atomic E-state index is 11.9. The molecule has 6 nitrogen and oxygen atoms in total. The molecule has 3 rings (SSSR count). The summed E-state index contributed by atoms with van der Waals surface area (Å²) >= 11 is 0. The number of nitrogens with zero attached hydrogens (tertiary/aromatic N) is 3. The molecule has 7 heteroatoms. The molecule has 0 spiro atoms. The van der Waals surface area contributed by atoms with Crippen molar-refractivity contribution < 1.29 is 4.79 Å². The van der Waals surface area contributed by atoms with Gasteiger partial charge in [-0.3, -0.25) is 14.7 Å². The van der Waals surface area contributed by atoms with Crippen LogP contribution < -0.4 is 10.6 Å². The van der Waals surface area contributed by atoms with Crippen LogP contribution in [0.15, 0.2) is 35.3 Å². The maximum Gasteiger partial charge on any atom is 0.222 e. The van der Waals surface area contributed by atoms with Gasteiger partial charge < -0.3 is 15.5 Å². The molecular formula is C21H34IN5O. The molecule has 0 aromatic heterocycles. The largest absolute Gasteiger partial charge is 0.354 e. The van der Waals surface area contributed by atoms with Crippen LogP contribution in [0, 0.1) is 0 Å². The first kappa shape index (κ1) is 22.9. The van der Waals surface area contributed by atoms with E-state index in [0.29, 0.717) is 12.5 Å². The van der Waals surface area contributed by atoms with Crippen LogP contribution in [-0.4, -0.2) is 67.5 Å². The van der Waals surface area contributed by atoms with Crippen LogP contribution in [0.1, 0.15) is 44.2 Å². The van der Waals surface area contributed by atoms with Crippen molar-refractivity contribution in [3.63, 3.8) is 0 Å². The van der Waals surface area contributed by atoms with E-state index in [4.69, 9.17) is 0 Å². The predicted octanol–water partition coefficient (Wildman–Crippen LogP) is 2.62. The fourth-order valence-electron chi connectivity index (χ4n) is 4.10. The Morgan fingerprint density at radius 3 is 2.57 bits per heavy atom. The molecule has 2 N–H and O–H groups in total. The van der Waals surface area contributed by atoms with Crippen LogP contribution in [0.3, 0.4) is 0 Å². The summed E-state index contributed by atoms with van der Waals surface area (Å²) in [7, 11) is 1.81. The Balaban J connectivity index is 0.00000280. The Bertz CT molecular complexity index is 633. The number of hydrogen-bond acceptors (Lipinski definition) is 3. The van der Waals surface area contributed by atoms with Crippen molar-refractivity contribution in [3.8, 4) is 0 Å². The summed E-state index contributed by atoms with van der Waals surface area (Å²) in [6, 6.07) is 11.4. The number of nitrogens with one attached hydrogen (secondary N) is 2. The molecule has 2 heterocycles. The molecule has 156 valence electrons. The first-order valence-corrected chi connectivity index (χ1v) is 10.2. The summed E-state index contributed by atoms with van der Waals surface area (Å²) in [6.45, 7) is 6.66. The molecule has 0 radical (unpaired) electrons. The minimum absolute atomic E-state index is 0. The topological polar surface area (TPSA) is 60.0 Å². The van der Waals surface area contributed by atoms with E-state index in [1.807, 2.05) is 18.9 Å². The summed E-state index contributed by atoms with van der Waals surface area (Å²) in [4.78, 5) is 20.8. The van der Waals surface area contributed by atoms with Gasteiger partial charge in [-0.05, 0) is 37.9 Å². The van der Waals surface area contributed by atoms with Crippen LogP contribution in [0.2, 0.25) is 0 Å². The Morgan fingerprint density at radius 1 is 1.21 bits per heavy atom. The average molecular weight is 499 g/mol. The lowest BCUT2D eigenvalue weighted by atomic mass is 10.1. The number of benzene rings is 1. The lowest BCUT2D eigenvalue weighted by Gasteiger charge is -2.29. The third kappa shape index (κ3) is 6.07. The number of halogens is 1. The minimum Gasteiger partial charge on any atom is -0.354 e. The van der Waals surface area contributed by atoms with E-state index in [1.54, 1.807) is 0 Å². The van der Waals surface area contributed by atoms with Crippen molar-refractivity contribution in [1.29, 1.82) is 0 Å². The van der Waals surface area contributed by atoms with E-state index in [9.17, 15) is 4.79 Å². The van der Waals surface area contributed by atoms with Crippen LogP contribution >= 0.6 is 24.0 Å². The van der Waals surface area contributed by atoms with Crippen molar-refractivity contribution in [2.45, 2.75) is 44.7 Å². The van der Waals surface area contributed by atoms with Gasteiger partial charge in [0.15, 0.2) is 5.96 Å². The zero-order valence-corrected chi connectivity index (χ0v) is 19.4. The Labute approximate surface area is 186 Å². The predicted molar refractivity (Wildman–Crippen MR) is 125 cm³/mol. The number of aliphatic imine (C=N–C) groups is 1. The molecule has 2 atom stereocenters. The normalized spacial score (nSPS) is 21.3. The molecule has 0 aliphatic carbocycles. The van der Waals surface area contributed by atoms with Crippen LogP contribution in [0.25, 0.3) is 0 Å². The van der Waals surface area contributed by atoms with Gasteiger partial charge >= 0.3 is 0 Å². The third-order valence-corrected chi connectivity index (χ3v) is 5.64.